The first-order chi connectivity index (χ1) is 11.7. The first kappa shape index (κ1) is 17.0. The first-order valence-electron chi connectivity index (χ1n) is 8.92. The average molecular weight is 334 g/mol. The highest BCUT2D eigenvalue weighted by molar-refractivity contribution is 5.92. The fourth-order valence-electron chi connectivity index (χ4n) is 3.23. The lowest BCUT2D eigenvalue weighted by atomic mass is 9.90. The third-order valence-corrected chi connectivity index (χ3v) is 4.72. The standard InChI is InChI=1S/C17H26N4O3/c18-8-2-5-16(22)19-12-3-1-4-13(9-12)20-17(23)14-10-15(24-21-14)11-6-7-11/h10-13H,1-9,18H2,(H,19,22)(H,20,23). The van der Waals surface area contributed by atoms with Crippen LogP contribution in [-0.4, -0.2) is 35.6 Å². The number of hydrogen-bond donors (Lipinski definition) is 3. The summed E-state index contributed by atoms with van der Waals surface area (Å²) >= 11 is 0. The highest BCUT2D eigenvalue weighted by Gasteiger charge is 2.30. The van der Waals surface area contributed by atoms with Gasteiger partial charge in [-0.1, -0.05) is 5.16 Å². The molecule has 2 fully saturated rings. The molecule has 2 unspecified atom stereocenters. The quantitative estimate of drug-likeness (QED) is 0.699. The van der Waals surface area contributed by atoms with Gasteiger partial charge in [0.15, 0.2) is 5.69 Å². The van der Waals surface area contributed by atoms with Gasteiger partial charge >= 0.3 is 0 Å². The van der Waals surface area contributed by atoms with Gasteiger partial charge in [0.2, 0.25) is 5.91 Å². The van der Waals surface area contributed by atoms with Crippen molar-refractivity contribution < 1.29 is 14.1 Å². The summed E-state index contributed by atoms with van der Waals surface area (Å²) in [6.07, 6.45) is 7.02. The molecule has 3 rings (SSSR count). The molecule has 0 bridgehead atoms. The van der Waals surface area contributed by atoms with Gasteiger partial charge in [0.05, 0.1) is 0 Å². The number of nitrogens with zero attached hydrogens (tertiary/aromatic N) is 1. The topological polar surface area (TPSA) is 110 Å². The maximum atomic E-state index is 12.3. The molecule has 0 aliphatic heterocycles. The molecular formula is C17H26N4O3. The Balaban J connectivity index is 1.47. The predicted octanol–water partition coefficient (Wildman–Crippen LogP) is 1.45. The molecule has 0 saturated heterocycles. The molecule has 132 valence electrons. The number of amides is 2. The van der Waals surface area contributed by atoms with Gasteiger partial charge in [-0.2, -0.15) is 0 Å². The smallest absolute Gasteiger partial charge is 0.273 e. The van der Waals surface area contributed by atoms with Gasteiger partial charge in [0.1, 0.15) is 5.76 Å². The van der Waals surface area contributed by atoms with E-state index >= 15 is 0 Å². The van der Waals surface area contributed by atoms with Crippen LogP contribution in [0.3, 0.4) is 0 Å². The Bertz CT molecular complexity index is 582. The molecule has 0 spiro atoms. The van der Waals surface area contributed by atoms with Crippen LogP contribution in [0.25, 0.3) is 0 Å². The van der Waals surface area contributed by atoms with Crippen LogP contribution in [-0.2, 0) is 4.79 Å². The van der Waals surface area contributed by atoms with E-state index in [1.54, 1.807) is 6.07 Å². The second kappa shape index (κ2) is 7.79. The Morgan fingerprint density at radius 3 is 2.67 bits per heavy atom. The minimum absolute atomic E-state index is 0.0444. The van der Waals surface area contributed by atoms with Crippen LogP contribution in [0, 0.1) is 0 Å². The number of rotatable bonds is 7. The Hall–Kier alpha value is -1.89. The second-order valence-electron chi connectivity index (χ2n) is 6.88. The van der Waals surface area contributed by atoms with Gasteiger partial charge in [-0.25, -0.2) is 0 Å². The third kappa shape index (κ3) is 4.56. The Kier molecular flexibility index (Phi) is 5.50. The van der Waals surface area contributed by atoms with E-state index in [0.717, 1.165) is 44.3 Å². The van der Waals surface area contributed by atoms with Crippen molar-refractivity contribution in [3.8, 4) is 0 Å². The lowest BCUT2D eigenvalue weighted by Crippen LogP contribution is -2.45. The van der Waals surface area contributed by atoms with E-state index < -0.39 is 0 Å². The SMILES string of the molecule is NCCCC(=O)NC1CCCC(NC(=O)c2cc(C3CC3)on2)C1. The first-order valence-corrected chi connectivity index (χ1v) is 8.92. The van der Waals surface area contributed by atoms with Crippen molar-refractivity contribution in [2.75, 3.05) is 6.54 Å². The highest BCUT2D eigenvalue weighted by Crippen LogP contribution is 2.40. The maximum Gasteiger partial charge on any atom is 0.273 e. The Morgan fingerprint density at radius 1 is 1.21 bits per heavy atom. The number of nitrogens with two attached hydrogens (primary N) is 1. The molecule has 2 saturated carbocycles. The van der Waals surface area contributed by atoms with Crippen LogP contribution in [0.2, 0.25) is 0 Å². The average Bonchev–Trinajstić information content (AvgIpc) is 3.30. The largest absolute Gasteiger partial charge is 0.360 e. The summed E-state index contributed by atoms with van der Waals surface area (Å²) in [7, 11) is 0. The summed E-state index contributed by atoms with van der Waals surface area (Å²) in [5, 5.41) is 9.94. The van der Waals surface area contributed by atoms with Gasteiger partial charge in [-0.3, -0.25) is 9.59 Å². The van der Waals surface area contributed by atoms with Crippen molar-refractivity contribution in [3.05, 3.63) is 17.5 Å². The molecular weight excluding hydrogens is 308 g/mol. The minimum Gasteiger partial charge on any atom is -0.360 e. The summed E-state index contributed by atoms with van der Waals surface area (Å²) in [6.45, 7) is 0.525. The van der Waals surface area contributed by atoms with Gasteiger partial charge in [-0.15, -0.1) is 0 Å². The van der Waals surface area contributed by atoms with Gasteiger partial charge in [0, 0.05) is 30.5 Å². The third-order valence-electron chi connectivity index (χ3n) is 4.72. The zero-order valence-electron chi connectivity index (χ0n) is 13.9. The lowest BCUT2D eigenvalue weighted by molar-refractivity contribution is -0.122. The minimum atomic E-state index is -0.189. The Labute approximate surface area is 141 Å². The van der Waals surface area contributed by atoms with Gasteiger partial charge < -0.3 is 20.9 Å². The maximum absolute atomic E-state index is 12.3. The number of nitrogens with one attached hydrogen (secondary N) is 2. The van der Waals surface area contributed by atoms with E-state index in [1.165, 1.54) is 0 Å². The van der Waals surface area contributed by atoms with Crippen molar-refractivity contribution in [2.45, 2.75) is 69.4 Å². The monoisotopic (exact) mass is 334 g/mol. The van der Waals surface area contributed by atoms with Crippen LogP contribution in [0.5, 0.6) is 0 Å². The van der Waals surface area contributed by atoms with E-state index in [1.807, 2.05) is 0 Å². The van der Waals surface area contributed by atoms with Gasteiger partial charge in [0.25, 0.3) is 5.91 Å². The summed E-state index contributed by atoms with van der Waals surface area (Å²) in [6, 6.07) is 1.93. The van der Waals surface area contributed by atoms with Gasteiger partial charge in [-0.05, 0) is 51.5 Å². The van der Waals surface area contributed by atoms with E-state index in [-0.39, 0.29) is 23.9 Å². The van der Waals surface area contributed by atoms with Crippen molar-refractivity contribution in [2.24, 2.45) is 5.73 Å². The van der Waals surface area contributed by atoms with Crippen molar-refractivity contribution in [3.63, 3.8) is 0 Å². The summed E-state index contributed by atoms with van der Waals surface area (Å²) in [5.74, 6) is 1.12. The molecule has 7 nitrogen and oxygen atoms in total. The van der Waals surface area contributed by atoms with Crippen molar-refractivity contribution in [1.29, 1.82) is 0 Å². The molecule has 4 N–H and O–H groups in total. The number of carbonyl (C=O) groups excluding carboxylic acids is 2. The highest BCUT2D eigenvalue weighted by atomic mass is 16.5. The molecule has 1 aromatic rings. The fourth-order valence-corrected chi connectivity index (χ4v) is 3.23. The van der Waals surface area contributed by atoms with Crippen LogP contribution in [0.4, 0.5) is 0 Å². The predicted molar refractivity (Wildman–Crippen MR) is 88.4 cm³/mol. The molecule has 2 aliphatic carbocycles. The number of carbonyl (C=O) groups is 2. The van der Waals surface area contributed by atoms with E-state index in [0.29, 0.717) is 31.0 Å². The van der Waals surface area contributed by atoms with Crippen molar-refractivity contribution >= 4 is 11.8 Å². The van der Waals surface area contributed by atoms with E-state index in [9.17, 15) is 9.59 Å². The molecule has 7 heteroatoms. The summed E-state index contributed by atoms with van der Waals surface area (Å²) < 4.78 is 5.23. The molecule has 0 aromatic carbocycles. The fraction of sp³-hybridized carbons (Fsp3) is 0.706. The van der Waals surface area contributed by atoms with Crippen LogP contribution >= 0.6 is 0 Å². The molecule has 2 atom stereocenters. The normalized spacial score (nSPS) is 23.7. The number of aromatic nitrogens is 1. The Morgan fingerprint density at radius 2 is 1.96 bits per heavy atom. The van der Waals surface area contributed by atoms with Crippen LogP contribution in [0.15, 0.2) is 10.6 Å². The second-order valence-corrected chi connectivity index (χ2v) is 6.88. The molecule has 1 aromatic heterocycles. The molecule has 2 amide bonds. The summed E-state index contributed by atoms with van der Waals surface area (Å²) in [4.78, 5) is 24.1. The van der Waals surface area contributed by atoms with E-state index in [4.69, 9.17) is 10.3 Å². The molecule has 24 heavy (non-hydrogen) atoms. The molecule has 1 heterocycles. The van der Waals surface area contributed by atoms with Crippen molar-refractivity contribution in [1.82, 2.24) is 15.8 Å². The molecule has 2 aliphatic rings. The number of hydrogen-bond acceptors (Lipinski definition) is 5. The zero-order chi connectivity index (χ0) is 16.9. The van der Waals surface area contributed by atoms with Crippen LogP contribution < -0.4 is 16.4 Å². The van der Waals surface area contributed by atoms with Crippen LogP contribution in [0.1, 0.15) is 73.5 Å². The van der Waals surface area contributed by atoms with E-state index in [2.05, 4.69) is 15.8 Å². The molecule has 0 radical (unpaired) electrons. The summed E-state index contributed by atoms with van der Waals surface area (Å²) in [5.41, 5.74) is 5.78. The zero-order valence-corrected chi connectivity index (χ0v) is 13.9. The lowest BCUT2D eigenvalue weighted by Gasteiger charge is -2.30.